The second-order valence-corrected chi connectivity index (χ2v) is 5.42. The number of nitrogens with one attached hydrogen (secondary N) is 1. The molecule has 3 nitrogen and oxygen atoms in total. The molecule has 0 saturated heterocycles. The van der Waals surface area contributed by atoms with Crippen molar-refractivity contribution in [1.29, 1.82) is 0 Å². The van der Waals surface area contributed by atoms with E-state index in [-0.39, 0.29) is 5.91 Å². The van der Waals surface area contributed by atoms with E-state index in [4.69, 9.17) is 11.6 Å². The number of thiophene rings is 1. The average Bonchev–Trinajstić information content (AvgIpc) is 2.68. The Labute approximate surface area is 105 Å². The third-order valence-corrected chi connectivity index (χ3v) is 3.63. The van der Waals surface area contributed by atoms with Crippen LogP contribution < -0.4 is 5.32 Å². The zero-order chi connectivity index (χ0) is 12.0. The lowest BCUT2D eigenvalue weighted by Crippen LogP contribution is -2.30. The Bertz CT molecular complexity index is 340. The maximum atomic E-state index is 11.6. The van der Waals surface area contributed by atoms with Crippen LogP contribution in [0.5, 0.6) is 0 Å². The molecule has 1 aromatic rings. The zero-order valence-electron chi connectivity index (χ0n) is 9.62. The van der Waals surface area contributed by atoms with Gasteiger partial charge in [0.1, 0.15) is 0 Å². The number of rotatable bonds is 6. The van der Waals surface area contributed by atoms with Crippen molar-refractivity contribution in [3.8, 4) is 0 Å². The summed E-state index contributed by atoms with van der Waals surface area (Å²) in [7, 11) is 3.69. The van der Waals surface area contributed by atoms with Crippen molar-refractivity contribution in [3.63, 3.8) is 0 Å². The quantitative estimate of drug-likeness (QED) is 0.849. The highest BCUT2D eigenvalue weighted by atomic mass is 35.5. The van der Waals surface area contributed by atoms with E-state index in [1.165, 1.54) is 4.88 Å². The van der Waals surface area contributed by atoms with Crippen LogP contribution in [0.4, 0.5) is 0 Å². The molecule has 1 N–H and O–H groups in total. The molecule has 1 aromatic heterocycles. The lowest BCUT2D eigenvalue weighted by Gasteiger charge is -2.16. The molecule has 0 aliphatic carbocycles. The van der Waals surface area contributed by atoms with Crippen LogP contribution in [0.15, 0.2) is 12.1 Å². The number of halogens is 1. The summed E-state index contributed by atoms with van der Waals surface area (Å²) in [4.78, 5) is 14.6. The SMILES string of the molecule is CNCCC(=O)N(C)CCc1ccc(Cl)s1. The van der Waals surface area contributed by atoms with Crippen LogP contribution in [0.25, 0.3) is 0 Å². The summed E-state index contributed by atoms with van der Waals surface area (Å²) in [5.41, 5.74) is 0. The van der Waals surface area contributed by atoms with E-state index in [1.54, 1.807) is 16.2 Å². The van der Waals surface area contributed by atoms with Crippen molar-refractivity contribution < 1.29 is 4.79 Å². The largest absolute Gasteiger partial charge is 0.345 e. The first kappa shape index (κ1) is 13.5. The summed E-state index contributed by atoms with van der Waals surface area (Å²) in [6.45, 7) is 1.48. The van der Waals surface area contributed by atoms with Crippen molar-refractivity contribution in [1.82, 2.24) is 10.2 Å². The molecule has 5 heteroatoms. The minimum atomic E-state index is 0.178. The van der Waals surface area contributed by atoms with Crippen molar-refractivity contribution in [3.05, 3.63) is 21.3 Å². The molecule has 0 spiro atoms. The number of hydrogen-bond donors (Lipinski definition) is 1. The number of likely N-dealkylation sites (N-methyl/N-ethyl adjacent to an activating group) is 1. The molecule has 0 radical (unpaired) electrons. The fourth-order valence-corrected chi connectivity index (χ4v) is 2.39. The Hall–Kier alpha value is -0.580. The van der Waals surface area contributed by atoms with Gasteiger partial charge in [-0.15, -0.1) is 11.3 Å². The van der Waals surface area contributed by atoms with E-state index in [0.29, 0.717) is 6.42 Å². The van der Waals surface area contributed by atoms with Gasteiger partial charge in [-0.2, -0.15) is 0 Å². The number of nitrogens with zero attached hydrogens (tertiary/aromatic N) is 1. The van der Waals surface area contributed by atoms with Gasteiger partial charge in [-0.1, -0.05) is 11.6 Å². The normalized spacial score (nSPS) is 10.4. The standard InChI is InChI=1S/C11H17ClN2OS/c1-13-7-5-11(15)14(2)8-6-9-3-4-10(12)16-9/h3-4,13H,5-8H2,1-2H3. The van der Waals surface area contributed by atoms with Crippen LogP contribution in [0.2, 0.25) is 4.34 Å². The summed E-state index contributed by atoms with van der Waals surface area (Å²) in [6.07, 6.45) is 1.43. The molecule has 0 saturated carbocycles. The first-order valence-electron chi connectivity index (χ1n) is 5.26. The van der Waals surface area contributed by atoms with Gasteiger partial charge in [-0.25, -0.2) is 0 Å². The van der Waals surface area contributed by atoms with Crippen LogP contribution in [0.1, 0.15) is 11.3 Å². The molecule has 1 heterocycles. The van der Waals surface area contributed by atoms with Gasteiger partial charge in [0.15, 0.2) is 0 Å². The fourth-order valence-electron chi connectivity index (χ4n) is 1.31. The number of carbonyl (C=O) groups is 1. The lowest BCUT2D eigenvalue weighted by atomic mass is 10.3. The highest BCUT2D eigenvalue weighted by Gasteiger charge is 2.08. The second kappa shape index (κ2) is 6.89. The lowest BCUT2D eigenvalue weighted by molar-refractivity contribution is -0.129. The van der Waals surface area contributed by atoms with Gasteiger partial charge < -0.3 is 10.2 Å². The Morgan fingerprint density at radius 2 is 2.31 bits per heavy atom. The van der Waals surface area contributed by atoms with E-state index in [2.05, 4.69) is 5.32 Å². The fraction of sp³-hybridized carbons (Fsp3) is 0.545. The van der Waals surface area contributed by atoms with Gasteiger partial charge in [-0.05, 0) is 25.6 Å². The third kappa shape index (κ3) is 4.51. The van der Waals surface area contributed by atoms with Gasteiger partial charge in [0.05, 0.1) is 4.34 Å². The summed E-state index contributed by atoms with van der Waals surface area (Å²) in [5.74, 6) is 0.178. The Kier molecular flexibility index (Phi) is 5.80. The molecule has 90 valence electrons. The predicted molar refractivity (Wildman–Crippen MR) is 69.2 cm³/mol. The van der Waals surface area contributed by atoms with Gasteiger partial charge in [-0.3, -0.25) is 4.79 Å². The second-order valence-electron chi connectivity index (χ2n) is 3.62. The van der Waals surface area contributed by atoms with Gasteiger partial charge >= 0.3 is 0 Å². The Morgan fingerprint density at radius 1 is 1.56 bits per heavy atom. The van der Waals surface area contributed by atoms with Gasteiger partial charge in [0.25, 0.3) is 0 Å². The van der Waals surface area contributed by atoms with E-state index < -0.39 is 0 Å². The molecule has 0 atom stereocenters. The molecule has 0 aliphatic heterocycles. The highest BCUT2D eigenvalue weighted by molar-refractivity contribution is 7.16. The van der Waals surface area contributed by atoms with Crippen LogP contribution in [-0.4, -0.2) is 38.0 Å². The third-order valence-electron chi connectivity index (χ3n) is 2.34. The van der Waals surface area contributed by atoms with Crippen LogP contribution in [-0.2, 0) is 11.2 Å². The van der Waals surface area contributed by atoms with E-state index in [0.717, 1.165) is 23.8 Å². The smallest absolute Gasteiger partial charge is 0.223 e. The van der Waals surface area contributed by atoms with Gasteiger partial charge in [0.2, 0.25) is 5.91 Å². The Morgan fingerprint density at radius 3 is 2.88 bits per heavy atom. The Balaban J connectivity index is 2.29. The molecular weight excluding hydrogens is 244 g/mol. The molecule has 0 fully saturated rings. The van der Waals surface area contributed by atoms with Crippen molar-refractivity contribution in [2.75, 3.05) is 27.2 Å². The molecule has 1 amide bonds. The highest BCUT2D eigenvalue weighted by Crippen LogP contribution is 2.21. The van der Waals surface area contributed by atoms with Gasteiger partial charge in [0, 0.05) is 31.4 Å². The average molecular weight is 261 g/mol. The number of amides is 1. The minimum absolute atomic E-state index is 0.178. The topological polar surface area (TPSA) is 32.3 Å². The van der Waals surface area contributed by atoms with Crippen LogP contribution >= 0.6 is 22.9 Å². The summed E-state index contributed by atoms with van der Waals surface area (Å²) < 4.78 is 0.805. The molecule has 16 heavy (non-hydrogen) atoms. The summed E-state index contributed by atoms with van der Waals surface area (Å²) in [5, 5.41) is 2.97. The van der Waals surface area contributed by atoms with E-state index in [9.17, 15) is 4.79 Å². The molecule has 0 aromatic carbocycles. The maximum Gasteiger partial charge on any atom is 0.223 e. The first-order valence-corrected chi connectivity index (χ1v) is 6.45. The van der Waals surface area contributed by atoms with Crippen LogP contribution in [0, 0.1) is 0 Å². The molecule has 0 unspecified atom stereocenters. The van der Waals surface area contributed by atoms with Crippen molar-refractivity contribution in [2.45, 2.75) is 12.8 Å². The summed E-state index contributed by atoms with van der Waals surface area (Å²) in [6, 6.07) is 3.91. The van der Waals surface area contributed by atoms with Crippen molar-refractivity contribution in [2.24, 2.45) is 0 Å². The molecule has 0 bridgehead atoms. The molecule has 1 rings (SSSR count). The van der Waals surface area contributed by atoms with E-state index >= 15 is 0 Å². The van der Waals surface area contributed by atoms with Crippen molar-refractivity contribution >= 4 is 28.8 Å². The van der Waals surface area contributed by atoms with E-state index in [1.807, 2.05) is 26.2 Å². The van der Waals surface area contributed by atoms with Crippen LogP contribution in [0.3, 0.4) is 0 Å². The molecular formula is C11H17ClN2OS. The molecule has 0 aliphatic rings. The number of hydrogen-bond acceptors (Lipinski definition) is 3. The summed E-state index contributed by atoms with van der Waals surface area (Å²) >= 11 is 7.41. The number of carbonyl (C=O) groups excluding carboxylic acids is 1. The monoisotopic (exact) mass is 260 g/mol. The predicted octanol–water partition coefficient (Wildman–Crippen LogP) is 2.01. The minimum Gasteiger partial charge on any atom is -0.345 e. The maximum absolute atomic E-state index is 11.6. The zero-order valence-corrected chi connectivity index (χ0v) is 11.2. The first-order chi connectivity index (χ1) is 7.63.